The summed E-state index contributed by atoms with van der Waals surface area (Å²) in [6.07, 6.45) is -1.65. The lowest BCUT2D eigenvalue weighted by Gasteiger charge is -2.39. The number of amides is 1. The lowest BCUT2D eigenvalue weighted by molar-refractivity contribution is -0.144. The van der Waals surface area contributed by atoms with Crippen LogP contribution in [0.15, 0.2) is 42.6 Å². The number of aromatic amines is 1. The van der Waals surface area contributed by atoms with Crippen molar-refractivity contribution in [3.8, 4) is 0 Å². The first-order valence-electron chi connectivity index (χ1n) is 9.47. The van der Waals surface area contributed by atoms with Gasteiger partial charge >= 0.3 is 6.18 Å². The molecule has 3 heterocycles. The number of alkyl halides is 3. The Bertz CT molecular complexity index is 1050. The predicted octanol–water partition coefficient (Wildman–Crippen LogP) is 2.74. The Morgan fingerprint density at radius 3 is 2.87 bits per heavy atom. The number of carbonyl (C=O) groups excluding carboxylic acids is 1. The molecular weight excluding hydrogens is 399 g/mol. The van der Waals surface area contributed by atoms with Gasteiger partial charge in [0.25, 0.3) is 5.91 Å². The van der Waals surface area contributed by atoms with E-state index in [-0.39, 0.29) is 23.1 Å². The molecule has 0 bridgehead atoms. The van der Waals surface area contributed by atoms with Crippen molar-refractivity contribution in [1.82, 2.24) is 20.3 Å². The highest BCUT2D eigenvalue weighted by molar-refractivity contribution is 5.97. The summed E-state index contributed by atoms with van der Waals surface area (Å²) in [7, 11) is 0. The Hall–Kier alpha value is -3.14. The molecule has 0 spiro atoms. The Morgan fingerprint density at radius 1 is 1.30 bits per heavy atom. The van der Waals surface area contributed by atoms with Crippen molar-refractivity contribution in [3.63, 3.8) is 0 Å². The quantitative estimate of drug-likeness (QED) is 0.605. The van der Waals surface area contributed by atoms with Gasteiger partial charge in [-0.25, -0.2) is 9.97 Å². The number of H-pyrrole nitrogens is 1. The van der Waals surface area contributed by atoms with Crippen LogP contribution in [0.5, 0.6) is 0 Å². The molecule has 1 fully saturated rings. The second kappa shape index (κ2) is 7.60. The van der Waals surface area contributed by atoms with Crippen molar-refractivity contribution < 1.29 is 23.1 Å². The second-order valence-corrected chi connectivity index (χ2v) is 7.44. The van der Waals surface area contributed by atoms with Gasteiger partial charge in [0, 0.05) is 31.4 Å². The van der Waals surface area contributed by atoms with E-state index in [4.69, 9.17) is 0 Å². The van der Waals surface area contributed by atoms with E-state index in [9.17, 15) is 23.1 Å². The number of anilines is 1. The summed E-state index contributed by atoms with van der Waals surface area (Å²) in [5.41, 5.74) is -0.711. The number of benzene rings is 1. The molecule has 1 amide bonds. The number of imidazole rings is 1. The van der Waals surface area contributed by atoms with Crippen molar-refractivity contribution >= 4 is 22.8 Å². The van der Waals surface area contributed by atoms with Crippen LogP contribution in [-0.4, -0.2) is 51.2 Å². The van der Waals surface area contributed by atoms with E-state index in [1.807, 2.05) is 23.1 Å². The number of carbonyl (C=O) groups is 1. The summed E-state index contributed by atoms with van der Waals surface area (Å²) in [4.78, 5) is 24.5. The number of hydrogen-bond acceptors (Lipinski definition) is 5. The van der Waals surface area contributed by atoms with E-state index in [1.54, 1.807) is 6.20 Å². The lowest BCUT2D eigenvalue weighted by Crippen LogP contribution is -2.54. The Kier molecular flexibility index (Phi) is 5.10. The lowest BCUT2D eigenvalue weighted by atomic mass is 9.92. The first-order valence-corrected chi connectivity index (χ1v) is 9.47. The molecule has 158 valence electrons. The molecule has 2 aromatic heterocycles. The van der Waals surface area contributed by atoms with E-state index in [2.05, 4.69) is 20.3 Å². The SMILES string of the molecule is O=C(NC[C@@]1(O)CCCN(c2ccccn2)C1)c1ccc2nc(C(F)(F)F)[nH]c2c1. The van der Waals surface area contributed by atoms with Gasteiger partial charge in [-0.1, -0.05) is 6.07 Å². The summed E-state index contributed by atoms with van der Waals surface area (Å²) in [5, 5.41) is 13.6. The molecule has 1 aliphatic rings. The van der Waals surface area contributed by atoms with E-state index in [0.717, 1.165) is 18.8 Å². The van der Waals surface area contributed by atoms with Crippen molar-refractivity contribution in [1.29, 1.82) is 0 Å². The normalized spacial score (nSPS) is 19.8. The third-order valence-electron chi connectivity index (χ3n) is 5.12. The number of aromatic nitrogens is 3. The third-order valence-corrected chi connectivity index (χ3v) is 5.12. The third kappa shape index (κ3) is 4.23. The van der Waals surface area contributed by atoms with E-state index in [1.165, 1.54) is 18.2 Å². The van der Waals surface area contributed by atoms with Crippen LogP contribution in [0.3, 0.4) is 0 Å². The predicted molar refractivity (Wildman–Crippen MR) is 104 cm³/mol. The van der Waals surface area contributed by atoms with Crippen LogP contribution in [0.2, 0.25) is 0 Å². The van der Waals surface area contributed by atoms with Gasteiger partial charge in [0.1, 0.15) is 5.82 Å². The number of piperidine rings is 1. The highest BCUT2D eigenvalue weighted by Crippen LogP contribution is 2.29. The van der Waals surface area contributed by atoms with Crippen LogP contribution in [-0.2, 0) is 6.18 Å². The van der Waals surface area contributed by atoms with Crippen LogP contribution in [0.25, 0.3) is 11.0 Å². The fourth-order valence-electron chi connectivity index (χ4n) is 3.62. The number of nitrogens with zero attached hydrogens (tertiary/aromatic N) is 3. The summed E-state index contributed by atoms with van der Waals surface area (Å²) < 4.78 is 38.4. The number of nitrogens with one attached hydrogen (secondary N) is 2. The highest BCUT2D eigenvalue weighted by Gasteiger charge is 2.35. The number of β-amino-alcohol motifs (C(OH)–C–C–N with tert-alkyl or cyclic N) is 1. The first kappa shape index (κ1) is 20.1. The summed E-state index contributed by atoms with van der Waals surface area (Å²) in [6, 6.07) is 9.62. The van der Waals surface area contributed by atoms with Crippen LogP contribution in [0, 0.1) is 0 Å². The maximum Gasteiger partial charge on any atom is 0.449 e. The molecule has 0 saturated carbocycles. The van der Waals surface area contributed by atoms with Gasteiger partial charge in [0.2, 0.25) is 5.82 Å². The van der Waals surface area contributed by atoms with Crippen molar-refractivity contribution in [3.05, 3.63) is 54.0 Å². The summed E-state index contributed by atoms with van der Waals surface area (Å²) in [6.45, 7) is 1.09. The van der Waals surface area contributed by atoms with Gasteiger partial charge in [-0.15, -0.1) is 0 Å². The molecule has 3 aromatic rings. The van der Waals surface area contributed by atoms with Gasteiger partial charge in [0.15, 0.2) is 0 Å². The second-order valence-electron chi connectivity index (χ2n) is 7.44. The van der Waals surface area contributed by atoms with Gasteiger partial charge in [0.05, 0.1) is 16.6 Å². The number of pyridine rings is 1. The molecule has 0 radical (unpaired) electrons. The Labute approximate surface area is 169 Å². The zero-order valence-electron chi connectivity index (χ0n) is 15.9. The molecule has 10 heteroatoms. The summed E-state index contributed by atoms with van der Waals surface area (Å²) in [5.74, 6) is -0.836. The fourth-order valence-corrected chi connectivity index (χ4v) is 3.62. The standard InChI is InChI=1S/C20H20F3N5O2/c21-20(22,23)18-26-14-6-5-13(10-15(14)27-18)17(29)25-11-19(30)7-3-9-28(12-19)16-4-1-2-8-24-16/h1-2,4-6,8,10,30H,3,7,9,11-12H2,(H,25,29)(H,26,27)/t19-/m0/s1. The van der Waals surface area contributed by atoms with Crippen LogP contribution in [0.4, 0.5) is 19.0 Å². The Balaban J connectivity index is 1.43. The van der Waals surface area contributed by atoms with Crippen molar-refractivity contribution in [2.24, 2.45) is 0 Å². The molecule has 1 saturated heterocycles. The summed E-state index contributed by atoms with van der Waals surface area (Å²) >= 11 is 0. The largest absolute Gasteiger partial charge is 0.449 e. The van der Waals surface area contributed by atoms with Gasteiger partial charge in [-0.05, 0) is 43.2 Å². The van der Waals surface area contributed by atoms with Gasteiger partial charge < -0.3 is 20.3 Å². The number of rotatable bonds is 4. The molecular formula is C20H20F3N5O2. The maximum atomic E-state index is 12.8. The zero-order valence-corrected chi connectivity index (χ0v) is 15.9. The zero-order chi connectivity index (χ0) is 21.4. The Morgan fingerprint density at radius 2 is 2.13 bits per heavy atom. The highest BCUT2D eigenvalue weighted by atomic mass is 19.4. The maximum absolute atomic E-state index is 12.8. The molecule has 3 N–H and O–H groups in total. The fraction of sp³-hybridized carbons (Fsp3) is 0.350. The molecule has 30 heavy (non-hydrogen) atoms. The number of aliphatic hydroxyl groups is 1. The minimum absolute atomic E-state index is 0.0178. The minimum Gasteiger partial charge on any atom is -0.386 e. The topological polar surface area (TPSA) is 94.1 Å². The average molecular weight is 419 g/mol. The average Bonchev–Trinajstić information content (AvgIpc) is 3.17. The molecule has 1 aromatic carbocycles. The molecule has 1 atom stereocenters. The minimum atomic E-state index is -4.59. The van der Waals surface area contributed by atoms with E-state index in [0.29, 0.717) is 13.0 Å². The van der Waals surface area contributed by atoms with Crippen LogP contribution in [0.1, 0.15) is 29.0 Å². The van der Waals surface area contributed by atoms with Crippen molar-refractivity contribution in [2.75, 3.05) is 24.5 Å². The number of halogens is 3. The number of hydrogen-bond donors (Lipinski definition) is 3. The van der Waals surface area contributed by atoms with E-state index >= 15 is 0 Å². The molecule has 7 nitrogen and oxygen atoms in total. The monoisotopic (exact) mass is 419 g/mol. The van der Waals surface area contributed by atoms with Crippen molar-refractivity contribution in [2.45, 2.75) is 24.6 Å². The van der Waals surface area contributed by atoms with Gasteiger partial charge in [-0.3, -0.25) is 4.79 Å². The molecule has 4 rings (SSSR count). The van der Waals surface area contributed by atoms with Crippen LogP contribution >= 0.6 is 0 Å². The van der Waals surface area contributed by atoms with Gasteiger partial charge in [-0.2, -0.15) is 13.2 Å². The molecule has 0 unspecified atom stereocenters. The van der Waals surface area contributed by atoms with Crippen LogP contribution < -0.4 is 10.2 Å². The molecule has 1 aliphatic heterocycles. The number of fused-ring (bicyclic) bond motifs is 1. The smallest absolute Gasteiger partial charge is 0.386 e. The molecule has 0 aliphatic carbocycles. The first-order chi connectivity index (χ1) is 14.2. The van der Waals surface area contributed by atoms with E-state index < -0.39 is 23.5 Å².